The first-order valence-electron chi connectivity index (χ1n) is 8.75. The van der Waals surface area contributed by atoms with E-state index in [2.05, 4.69) is 10.6 Å². The van der Waals surface area contributed by atoms with Gasteiger partial charge in [-0.2, -0.15) is 0 Å². The van der Waals surface area contributed by atoms with Gasteiger partial charge in [0.2, 0.25) is 5.91 Å². The molecule has 1 aliphatic heterocycles. The van der Waals surface area contributed by atoms with Crippen LogP contribution in [0.1, 0.15) is 10.4 Å². The van der Waals surface area contributed by atoms with Gasteiger partial charge in [-0.15, -0.1) is 0 Å². The average Bonchev–Trinajstić information content (AvgIpc) is 2.68. The molecule has 3 aromatic rings. The highest BCUT2D eigenvalue weighted by molar-refractivity contribution is 6.08. The molecule has 3 aromatic carbocycles. The molecule has 0 radical (unpaired) electrons. The van der Waals surface area contributed by atoms with E-state index in [9.17, 15) is 14.7 Å². The molecule has 1 saturated heterocycles. The molecule has 27 heavy (non-hydrogen) atoms. The van der Waals surface area contributed by atoms with Crippen LogP contribution in [-0.2, 0) is 4.79 Å². The second-order valence-electron chi connectivity index (χ2n) is 6.49. The van der Waals surface area contributed by atoms with Gasteiger partial charge in [-0.3, -0.25) is 9.59 Å². The van der Waals surface area contributed by atoms with Crippen molar-refractivity contribution in [1.29, 1.82) is 0 Å². The predicted molar refractivity (Wildman–Crippen MR) is 105 cm³/mol. The number of fused-ring (bicyclic) bond motifs is 1. The van der Waals surface area contributed by atoms with Crippen LogP contribution in [0.25, 0.3) is 10.8 Å². The number of hydrogen-bond donors (Lipinski definition) is 3. The fourth-order valence-electron chi connectivity index (χ4n) is 3.22. The molecule has 0 atom stereocenters. The zero-order valence-electron chi connectivity index (χ0n) is 14.6. The second-order valence-corrected chi connectivity index (χ2v) is 6.49. The van der Waals surface area contributed by atoms with Crippen LogP contribution < -0.4 is 15.5 Å². The van der Waals surface area contributed by atoms with Crippen molar-refractivity contribution in [3.63, 3.8) is 0 Å². The molecular formula is C21H19N3O3. The van der Waals surface area contributed by atoms with Gasteiger partial charge in [-0.1, -0.05) is 24.3 Å². The molecule has 136 valence electrons. The summed E-state index contributed by atoms with van der Waals surface area (Å²) in [6, 6.07) is 18.1. The third-order valence-corrected chi connectivity index (χ3v) is 4.64. The van der Waals surface area contributed by atoms with Crippen molar-refractivity contribution >= 4 is 34.0 Å². The molecule has 0 spiro atoms. The summed E-state index contributed by atoms with van der Waals surface area (Å²) >= 11 is 0. The Morgan fingerprint density at radius 3 is 2.44 bits per heavy atom. The molecule has 0 bridgehead atoms. The summed E-state index contributed by atoms with van der Waals surface area (Å²) in [6.45, 7) is 1.71. The Morgan fingerprint density at radius 1 is 1.04 bits per heavy atom. The van der Waals surface area contributed by atoms with E-state index in [0.29, 0.717) is 18.8 Å². The van der Waals surface area contributed by atoms with Crippen molar-refractivity contribution in [3.05, 3.63) is 66.2 Å². The summed E-state index contributed by atoms with van der Waals surface area (Å²) in [7, 11) is 0. The summed E-state index contributed by atoms with van der Waals surface area (Å²) in [5, 5.41) is 17.6. The summed E-state index contributed by atoms with van der Waals surface area (Å²) in [5.74, 6) is -0.420. The number of carbonyl (C=O) groups is 2. The van der Waals surface area contributed by atoms with Crippen molar-refractivity contribution in [1.82, 2.24) is 5.32 Å². The molecular weight excluding hydrogens is 342 g/mol. The molecule has 6 nitrogen and oxygen atoms in total. The highest BCUT2D eigenvalue weighted by Gasteiger charge is 2.17. The second kappa shape index (κ2) is 6.99. The summed E-state index contributed by atoms with van der Waals surface area (Å²) < 4.78 is 0. The summed E-state index contributed by atoms with van der Waals surface area (Å²) in [6.07, 6.45) is 0. The normalized spacial score (nSPS) is 14.1. The number of aromatic hydroxyl groups is 1. The zero-order chi connectivity index (χ0) is 18.8. The Hall–Kier alpha value is -3.54. The van der Waals surface area contributed by atoms with Gasteiger partial charge in [-0.05, 0) is 47.2 Å². The minimum atomic E-state index is -0.372. The van der Waals surface area contributed by atoms with E-state index in [0.717, 1.165) is 23.0 Å². The van der Waals surface area contributed by atoms with Gasteiger partial charge in [0.05, 0.1) is 12.1 Å². The van der Waals surface area contributed by atoms with Crippen LogP contribution in [0.5, 0.6) is 5.75 Å². The number of carbonyl (C=O) groups excluding carboxylic acids is 2. The fourth-order valence-corrected chi connectivity index (χ4v) is 3.22. The predicted octanol–water partition coefficient (Wildman–Crippen LogP) is 2.73. The number of benzene rings is 3. The summed E-state index contributed by atoms with van der Waals surface area (Å²) in [5.41, 5.74) is 1.78. The highest BCUT2D eigenvalue weighted by Crippen LogP contribution is 2.26. The van der Waals surface area contributed by atoms with Gasteiger partial charge >= 0.3 is 0 Å². The average molecular weight is 361 g/mol. The Morgan fingerprint density at radius 2 is 1.74 bits per heavy atom. The lowest BCUT2D eigenvalue weighted by Gasteiger charge is -2.28. The van der Waals surface area contributed by atoms with Gasteiger partial charge in [0.15, 0.2) is 0 Å². The zero-order valence-corrected chi connectivity index (χ0v) is 14.6. The maximum absolute atomic E-state index is 12.6. The number of piperazine rings is 1. The Kier molecular flexibility index (Phi) is 4.38. The molecule has 0 saturated carbocycles. The number of phenolic OH excluding ortho intramolecular Hbond substituents is 1. The third-order valence-electron chi connectivity index (χ3n) is 4.64. The minimum Gasteiger partial charge on any atom is -0.507 e. The Balaban J connectivity index is 1.51. The topological polar surface area (TPSA) is 81.7 Å². The summed E-state index contributed by atoms with van der Waals surface area (Å²) in [4.78, 5) is 26.1. The number of anilines is 2. The molecule has 0 aromatic heterocycles. The van der Waals surface area contributed by atoms with E-state index in [1.807, 2.05) is 41.3 Å². The maximum atomic E-state index is 12.6. The smallest absolute Gasteiger partial charge is 0.259 e. The number of rotatable bonds is 3. The standard InChI is InChI=1S/C21H19N3O3/c25-19-12-15-4-2-1-3-14(15)11-18(19)21(27)23-16-5-7-17(8-6-16)24-10-9-22-20(26)13-24/h1-8,11-12,25H,9-10,13H2,(H,22,26)(H,23,27). The Labute approximate surface area is 156 Å². The van der Waals surface area contributed by atoms with Crippen LogP contribution in [0.3, 0.4) is 0 Å². The van der Waals surface area contributed by atoms with Crippen LogP contribution in [-0.4, -0.2) is 36.6 Å². The number of phenols is 1. The van der Waals surface area contributed by atoms with E-state index in [-0.39, 0.29) is 23.1 Å². The van der Waals surface area contributed by atoms with Crippen molar-refractivity contribution < 1.29 is 14.7 Å². The van der Waals surface area contributed by atoms with Crippen LogP contribution in [0.2, 0.25) is 0 Å². The molecule has 3 N–H and O–H groups in total. The molecule has 0 unspecified atom stereocenters. The van der Waals surface area contributed by atoms with Crippen LogP contribution in [0.4, 0.5) is 11.4 Å². The quantitative estimate of drug-likeness (QED) is 0.670. The van der Waals surface area contributed by atoms with E-state index in [1.165, 1.54) is 0 Å². The van der Waals surface area contributed by atoms with Gasteiger partial charge in [0.1, 0.15) is 5.75 Å². The molecule has 1 fully saturated rings. The fraction of sp³-hybridized carbons (Fsp3) is 0.143. The van der Waals surface area contributed by atoms with Crippen LogP contribution in [0, 0.1) is 0 Å². The van der Waals surface area contributed by atoms with Crippen molar-refractivity contribution in [2.24, 2.45) is 0 Å². The lowest BCUT2D eigenvalue weighted by atomic mass is 10.1. The van der Waals surface area contributed by atoms with E-state index < -0.39 is 0 Å². The number of nitrogens with one attached hydrogen (secondary N) is 2. The number of amides is 2. The van der Waals surface area contributed by atoms with E-state index >= 15 is 0 Å². The van der Waals surface area contributed by atoms with E-state index in [4.69, 9.17) is 0 Å². The third kappa shape index (κ3) is 3.55. The Bertz CT molecular complexity index is 1010. The first kappa shape index (κ1) is 16.9. The van der Waals surface area contributed by atoms with Gasteiger partial charge in [0, 0.05) is 24.5 Å². The SMILES string of the molecule is O=C1CN(c2ccc(NC(=O)c3cc4ccccc4cc3O)cc2)CCN1. The molecule has 2 amide bonds. The molecule has 1 aliphatic rings. The van der Waals surface area contributed by atoms with Gasteiger partial charge in [0.25, 0.3) is 5.91 Å². The minimum absolute atomic E-state index is 0.00501. The lowest BCUT2D eigenvalue weighted by molar-refractivity contribution is -0.120. The highest BCUT2D eigenvalue weighted by atomic mass is 16.3. The molecule has 6 heteroatoms. The first-order valence-corrected chi connectivity index (χ1v) is 8.75. The van der Waals surface area contributed by atoms with Crippen molar-refractivity contribution in [2.45, 2.75) is 0 Å². The van der Waals surface area contributed by atoms with Crippen LogP contribution in [0.15, 0.2) is 60.7 Å². The monoisotopic (exact) mass is 361 g/mol. The largest absolute Gasteiger partial charge is 0.507 e. The first-order chi connectivity index (χ1) is 13.1. The number of hydrogen-bond acceptors (Lipinski definition) is 4. The maximum Gasteiger partial charge on any atom is 0.259 e. The lowest BCUT2D eigenvalue weighted by Crippen LogP contribution is -2.47. The van der Waals surface area contributed by atoms with E-state index in [1.54, 1.807) is 24.3 Å². The number of nitrogens with zero attached hydrogens (tertiary/aromatic N) is 1. The molecule has 0 aliphatic carbocycles. The van der Waals surface area contributed by atoms with Crippen molar-refractivity contribution in [3.8, 4) is 5.75 Å². The molecule has 4 rings (SSSR count). The molecule has 1 heterocycles. The van der Waals surface area contributed by atoms with Gasteiger partial charge < -0.3 is 20.6 Å². The van der Waals surface area contributed by atoms with Gasteiger partial charge in [-0.25, -0.2) is 0 Å². The van der Waals surface area contributed by atoms with Crippen LogP contribution >= 0.6 is 0 Å². The van der Waals surface area contributed by atoms with Crippen molar-refractivity contribution in [2.75, 3.05) is 29.9 Å².